The van der Waals surface area contributed by atoms with Gasteiger partial charge in [0.2, 0.25) is 5.91 Å². The average molecular weight is 852 g/mol. The summed E-state index contributed by atoms with van der Waals surface area (Å²) >= 11 is 0. The Kier molecular flexibility index (Phi) is 46.2. The molecular weight excluding hydrogens is 755 g/mol. The van der Waals surface area contributed by atoms with Crippen LogP contribution in [0.1, 0.15) is 239 Å². The Hall–Kier alpha value is -2.70. The van der Waals surface area contributed by atoms with Crippen LogP contribution in [0.4, 0.5) is 0 Å². The third-order valence-corrected chi connectivity index (χ3v) is 11.3. The minimum absolute atomic E-state index is 0.0522. The zero-order chi connectivity index (χ0) is 44.5. The van der Waals surface area contributed by atoms with Crippen molar-refractivity contribution in [3.63, 3.8) is 0 Å². The zero-order valence-corrected chi connectivity index (χ0v) is 40.0. The number of aliphatic hydroxyl groups excluding tert-OH is 2. The SMILES string of the molecule is CC/C=C/C=C/C=C/CCCCCCCC(CC(=O)NC(CO)C(O)CCCCCCCCCCCCCCCCC)OC(=O)CCCCCC/C=C/C/C=C/C/C=C/CC. The van der Waals surface area contributed by atoms with E-state index in [1.165, 1.54) is 77.0 Å². The summed E-state index contributed by atoms with van der Waals surface area (Å²) in [6, 6.07) is -0.716. The fraction of sp³-hybridized carbons (Fsp3) is 0.745. The zero-order valence-electron chi connectivity index (χ0n) is 40.0. The summed E-state index contributed by atoms with van der Waals surface area (Å²) in [6.07, 6.45) is 61.0. The monoisotopic (exact) mass is 852 g/mol. The number of amides is 1. The lowest BCUT2D eigenvalue weighted by molar-refractivity contribution is -0.151. The number of allylic oxidation sites excluding steroid dienone is 12. The van der Waals surface area contributed by atoms with Gasteiger partial charge in [-0.1, -0.05) is 222 Å². The van der Waals surface area contributed by atoms with Crippen LogP contribution in [0.15, 0.2) is 72.9 Å². The van der Waals surface area contributed by atoms with Crippen LogP contribution in [-0.4, -0.2) is 46.9 Å². The Morgan fingerprint density at radius 1 is 0.508 bits per heavy atom. The molecule has 6 heteroatoms. The van der Waals surface area contributed by atoms with Crippen LogP contribution in [0.2, 0.25) is 0 Å². The molecule has 0 aromatic rings. The molecule has 0 rings (SSSR count). The predicted octanol–water partition coefficient (Wildman–Crippen LogP) is 15.4. The van der Waals surface area contributed by atoms with Gasteiger partial charge in [-0.15, -0.1) is 0 Å². The van der Waals surface area contributed by atoms with Gasteiger partial charge in [-0.3, -0.25) is 9.59 Å². The maximum absolute atomic E-state index is 13.2. The first kappa shape index (κ1) is 58.3. The van der Waals surface area contributed by atoms with Crippen LogP contribution in [0.5, 0.6) is 0 Å². The van der Waals surface area contributed by atoms with Crippen molar-refractivity contribution in [1.82, 2.24) is 5.32 Å². The van der Waals surface area contributed by atoms with Crippen molar-refractivity contribution in [3.8, 4) is 0 Å². The molecule has 3 unspecified atom stereocenters. The third-order valence-electron chi connectivity index (χ3n) is 11.3. The quantitative estimate of drug-likeness (QED) is 0.0245. The van der Waals surface area contributed by atoms with Gasteiger partial charge >= 0.3 is 5.97 Å². The number of hydrogen-bond acceptors (Lipinski definition) is 5. The molecule has 61 heavy (non-hydrogen) atoms. The van der Waals surface area contributed by atoms with E-state index < -0.39 is 18.2 Å². The van der Waals surface area contributed by atoms with Gasteiger partial charge in [0.15, 0.2) is 0 Å². The van der Waals surface area contributed by atoms with Gasteiger partial charge in [-0.05, 0) is 77.0 Å². The van der Waals surface area contributed by atoms with E-state index in [2.05, 4.69) is 99.0 Å². The molecule has 0 saturated heterocycles. The highest BCUT2D eigenvalue weighted by atomic mass is 16.5. The van der Waals surface area contributed by atoms with Gasteiger partial charge in [-0.25, -0.2) is 0 Å². The Balaban J connectivity index is 4.61. The molecule has 0 spiro atoms. The van der Waals surface area contributed by atoms with Gasteiger partial charge in [0.25, 0.3) is 0 Å². The summed E-state index contributed by atoms with van der Waals surface area (Å²) in [5.74, 6) is -0.522. The number of aliphatic hydroxyl groups is 2. The highest BCUT2D eigenvalue weighted by Crippen LogP contribution is 2.18. The van der Waals surface area contributed by atoms with Crippen LogP contribution in [0, 0.1) is 0 Å². The van der Waals surface area contributed by atoms with Crippen molar-refractivity contribution in [1.29, 1.82) is 0 Å². The molecule has 0 radical (unpaired) electrons. The van der Waals surface area contributed by atoms with Gasteiger partial charge in [0.1, 0.15) is 6.10 Å². The Labute approximate surface area is 377 Å². The molecule has 0 heterocycles. The minimum Gasteiger partial charge on any atom is -0.462 e. The van der Waals surface area contributed by atoms with E-state index in [-0.39, 0.29) is 24.9 Å². The molecule has 352 valence electrons. The molecule has 3 N–H and O–H groups in total. The molecule has 0 aromatic heterocycles. The van der Waals surface area contributed by atoms with Crippen molar-refractivity contribution in [2.75, 3.05) is 6.61 Å². The van der Waals surface area contributed by atoms with E-state index in [0.29, 0.717) is 19.3 Å². The smallest absolute Gasteiger partial charge is 0.306 e. The van der Waals surface area contributed by atoms with Crippen molar-refractivity contribution in [2.45, 2.75) is 257 Å². The summed E-state index contributed by atoms with van der Waals surface area (Å²) in [5, 5.41) is 23.8. The molecule has 3 atom stereocenters. The highest BCUT2D eigenvalue weighted by molar-refractivity contribution is 5.77. The Morgan fingerprint density at radius 2 is 0.967 bits per heavy atom. The average Bonchev–Trinajstić information content (AvgIpc) is 3.25. The summed E-state index contributed by atoms with van der Waals surface area (Å²) in [5.41, 5.74) is 0. The van der Waals surface area contributed by atoms with Crippen LogP contribution in [0.3, 0.4) is 0 Å². The highest BCUT2D eigenvalue weighted by Gasteiger charge is 2.24. The molecule has 0 aliphatic rings. The van der Waals surface area contributed by atoms with Crippen LogP contribution >= 0.6 is 0 Å². The summed E-state index contributed by atoms with van der Waals surface area (Å²) in [7, 11) is 0. The second-order valence-corrected chi connectivity index (χ2v) is 17.2. The number of esters is 1. The largest absolute Gasteiger partial charge is 0.462 e. The number of hydrogen-bond donors (Lipinski definition) is 3. The lowest BCUT2D eigenvalue weighted by Gasteiger charge is -2.24. The molecular formula is C55H97NO5. The first-order valence-electron chi connectivity index (χ1n) is 25.7. The summed E-state index contributed by atoms with van der Waals surface area (Å²) in [4.78, 5) is 26.1. The van der Waals surface area contributed by atoms with Gasteiger partial charge in [0, 0.05) is 6.42 Å². The number of rotatable bonds is 45. The van der Waals surface area contributed by atoms with Gasteiger partial charge in [0.05, 0.1) is 25.2 Å². The Morgan fingerprint density at radius 3 is 1.52 bits per heavy atom. The number of nitrogens with one attached hydrogen (secondary N) is 1. The standard InChI is InChI=1S/C55H97NO5/c1-4-7-10-13-16-19-22-25-27-29-32-35-38-41-44-47-53(58)52(50-57)56-54(59)49-51(46-43-40-37-34-31-28-24-21-18-15-12-9-6-3)61-55(60)48-45-42-39-36-33-30-26-23-20-17-14-11-8-5-2/h8-9,11-12,15,17-18,20-21,24,26,30,51-53,57-58H,4-7,10,13-14,16,19,22-23,25,27-29,31-50H2,1-3H3,(H,56,59)/b11-8+,12-9+,18-15+,20-17+,24-21+,30-26+. The predicted molar refractivity (Wildman–Crippen MR) is 264 cm³/mol. The van der Waals surface area contributed by atoms with E-state index in [1.54, 1.807) is 0 Å². The van der Waals surface area contributed by atoms with Crippen molar-refractivity contribution >= 4 is 11.9 Å². The first-order chi connectivity index (χ1) is 30.0. The van der Waals surface area contributed by atoms with Crippen molar-refractivity contribution < 1.29 is 24.5 Å². The molecule has 0 aromatic carbocycles. The fourth-order valence-corrected chi connectivity index (χ4v) is 7.50. The maximum atomic E-state index is 13.2. The number of carbonyl (C=O) groups is 2. The fourth-order valence-electron chi connectivity index (χ4n) is 7.50. The van der Waals surface area contributed by atoms with E-state index >= 15 is 0 Å². The van der Waals surface area contributed by atoms with E-state index in [9.17, 15) is 19.8 Å². The molecule has 0 fully saturated rings. The molecule has 0 bridgehead atoms. The molecule has 0 aliphatic carbocycles. The normalized spacial score (nSPS) is 13.9. The number of carbonyl (C=O) groups excluding carboxylic acids is 2. The minimum atomic E-state index is -0.800. The van der Waals surface area contributed by atoms with Crippen molar-refractivity contribution in [2.24, 2.45) is 0 Å². The lowest BCUT2D eigenvalue weighted by atomic mass is 10.0. The third kappa shape index (κ3) is 43.7. The Bertz CT molecular complexity index is 1140. The van der Waals surface area contributed by atoms with Crippen LogP contribution < -0.4 is 5.32 Å². The van der Waals surface area contributed by atoms with Crippen molar-refractivity contribution in [3.05, 3.63) is 72.9 Å². The van der Waals surface area contributed by atoms with Crippen LogP contribution in [-0.2, 0) is 14.3 Å². The van der Waals surface area contributed by atoms with E-state index in [1.807, 2.05) is 0 Å². The maximum Gasteiger partial charge on any atom is 0.306 e. The molecule has 6 nitrogen and oxygen atoms in total. The summed E-state index contributed by atoms with van der Waals surface area (Å²) in [6.45, 7) is 6.23. The molecule has 0 aliphatic heterocycles. The van der Waals surface area contributed by atoms with E-state index in [4.69, 9.17) is 4.74 Å². The summed E-state index contributed by atoms with van der Waals surface area (Å²) < 4.78 is 5.91. The van der Waals surface area contributed by atoms with E-state index in [0.717, 1.165) is 116 Å². The molecule has 1 amide bonds. The van der Waals surface area contributed by atoms with Gasteiger partial charge < -0.3 is 20.3 Å². The first-order valence-corrected chi connectivity index (χ1v) is 25.7. The second-order valence-electron chi connectivity index (χ2n) is 17.2. The number of ether oxygens (including phenoxy) is 1. The van der Waals surface area contributed by atoms with Crippen LogP contribution in [0.25, 0.3) is 0 Å². The van der Waals surface area contributed by atoms with Gasteiger partial charge in [-0.2, -0.15) is 0 Å². The molecule has 0 saturated carbocycles. The topological polar surface area (TPSA) is 95.9 Å². The second kappa shape index (κ2) is 48.3. The lowest BCUT2D eigenvalue weighted by Crippen LogP contribution is -2.46. The number of unbranched alkanes of at least 4 members (excludes halogenated alkanes) is 23.